The van der Waals surface area contributed by atoms with Crippen molar-refractivity contribution in [2.75, 3.05) is 11.9 Å². The summed E-state index contributed by atoms with van der Waals surface area (Å²) in [7, 11) is 1.80. The quantitative estimate of drug-likeness (QED) is 0.847. The molecule has 0 aliphatic rings. The molecule has 0 aliphatic carbocycles. The van der Waals surface area contributed by atoms with Gasteiger partial charge in [-0.3, -0.25) is 4.68 Å². The summed E-state index contributed by atoms with van der Waals surface area (Å²) in [5.41, 5.74) is 0. The number of nitrogens with one attached hydrogen (secondary N) is 1. The number of aryl methyl sites for hydroxylation is 1. The molecule has 0 amide bonds. The van der Waals surface area contributed by atoms with E-state index in [9.17, 15) is 0 Å². The van der Waals surface area contributed by atoms with Gasteiger partial charge in [0.2, 0.25) is 11.2 Å². The van der Waals surface area contributed by atoms with Crippen LogP contribution in [0.25, 0.3) is 0 Å². The van der Waals surface area contributed by atoms with Crippen LogP contribution in [0.2, 0.25) is 5.28 Å². The van der Waals surface area contributed by atoms with Crippen molar-refractivity contribution in [1.29, 1.82) is 0 Å². The number of ether oxygens (including phenoxy) is 1. The lowest BCUT2D eigenvalue weighted by Crippen LogP contribution is -2.08. The number of aromatic nitrogens is 6. The Labute approximate surface area is 115 Å². The number of halogens is 1. The van der Waals surface area contributed by atoms with Crippen molar-refractivity contribution in [3.63, 3.8) is 0 Å². The van der Waals surface area contributed by atoms with E-state index in [1.165, 1.54) is 0 Å². The number of nitrogens with zero attached hydrogens (tertiary/aromatic N) is 6. The van der Waals surface area contributed by atoms with Crippen molar-refractivity contribution in [2.24, 2.45) is 7.05 Å². The van der Waals surface area contributed by atoms with E-state index in [2.05, 4.69) is 30.4 Å². The number of hydrogen-bond acceptors (Lipinski definition) is 7. The van der Waals surface area contributed by atoms with Crippen LogP contribution in [0.5, 0.6) is 6.01 Å². The van der Waals surface area contributed by atoms with Gasteiger partial charge in [0, 0.05) is 7.05 Å². The summed E-state index contributed by atoms with van der Waals surface area (Å²) < 4.78 is 6.93. The minimum absolute atomic E-state index is 0.0811. The van der Waals surface area contributed by atoms with Crippen molar-refractivity contribution in [3.05, 3.63) is 17.4 Å². The second-order valence-corrected chi connectivity index (χ2v) is 4.09. The molecule has 0 spiro atoms. The summed E-state index contributed by atoms with van der Waals surface area (Å²) >= 11 is 5.80. The standard InChI is InChI=1S/C10H14ClN7O/c1-3-4-19-10-15-8(11)14-9(16-10)12-5-7-13-6-18(2)17-7/h6H,3-5H2,1-2H3,(H,12,14,15,16). The van der Waals surface area contributed by atoms with Gasteiger partial charge in [-0.1, -0.05) is 6.92 Å². The maximum Gasteiger partial charge on any atom is 0.322 e. The molecule has 0 aromatic carbocycles. The van der Waals surface area contributed by atoms with Gasteiger partial charge in [-0.25, -0.2) is 4.98 Å². The van der Waals surface area contributed by atoms with Crippen molar-refractivity contribution < 1.29 is 4.74 Å². The zero-order valence-electron chi connectivity index (χ0n) is 10.7. The molecule has 19 heavy (non-hydrogen) atoms. The summed E-state index contributed by atoms with van der Waals surface area (Å²) in [5.74, 6) is 0.966. The SMILES string of the molecule is CCCOc1nc(Cl)nc(NCc2ncn(C)n2)n1. The fourth-order valence-corrected chi connectivity index (χ4v) is 1.44. The van der Waals surface area contributed by atoms with Crippen LogP contribution < -0.4 is 10.1 Å². The minimum atomic E-state index is 0.0811. The minimum Gasteiger partial charge on any atom is -0.463 e. The van der Waals surface area contributed by atoms with Gasteiger partial charge < -0.3 is 10.1 Å². The van der Waals surface area contributed by atoms with Crippen molar-refractivity contribution in [1.82, 2.24) is 29.7 Å². The molecule has 2 rings (SSSR count). The van der Waals surface area contributed by atoms with E-state index in [0.29, 0.717) is 24.9 Å². The second kappa shape index (κ2) is 6.28. The summed E-state index contributed by atoms with van der Waals surface area (Å²) in [5, 5.41) is 7.18. The van der Waals surface area contributed by atoms with Gasteiger partial charge in [0.15, 0.2) is 5.82 Å². The lowest BCUT2D eigenvalue weighted by atomic mass is 10.5. The molecular weight excluding hydrogens is 270 g/mol. The number of hydrogen-bond donors (Lipinski definition) is 1. The molecule has 0 fully saturated rings. The highest BCUT2D eigenvalue weighted by molar-refractivity contribution is 6.28. The van der Waals surface area contributed by atoms with Crippen LogP contribution in [0.1, 0.15) is 19.2 Å². The summed E-state index contributed by atoms with van der Waals surface area (Å²) in [6.45, 7) is 2.92. The molecule has 0 atom stereocenters. The monoisotopic (exact) mass is 283 g/mol. The van der Waals surface area contributed by atoms with Crippen molar-refractivity contribution >= 4 is 17.5 Å². The van der Waals surface area contributed by atoms with Crippen molar-refractivity contribution in [3.8, 4) is 6.01 Å². The first-order valence-electron chi connectivity index (χ1n) is 5.80. The molecule has 0 aliphatic heterocycles. The van der Waals surface area contributed by atoms with Crippen LogP contribution in [0, 0.1) is 0 Å². The van der Waals surface area contributed by atoms with E-state index in [1.807, 2.05) is 6.92 Å². The molecule has 2 aromatic rings. The predicted molar refractivity (Wildman–Crippen MR) is 69.0 cm³/mol. The summed E-state index contributed by atoms with van der Waals surface area (Å²) in [4.78, 5) is 16.0. The lowest BCUT2D eigenvalue weighted by Gasteiger charge is -2.05. The molecule has 0 saturated carbocycles. The Morgan fingerprint density at radius 3 is 2.89 bits per heavy atom. The van der Waals surface area contributed by atoms with Gasteiger partial charge in [-0.15, -0.1) is 0 Å². The predicted octanol–water partition coefficient (Wildman–Crippen LogP) is 1.05. The Kier molecular flexibility index (Phi) is 4.45. The Bertz CT molecular complexity index is 544. The maximum absolute atomic E-state index is 5.80. The molecule has 1 N–H and O–H groups in total. The fourth-order valence-electron chi connectivity index (χ4n) is 1.29. The number of rotatable bonds is 6. The molecule has 102 valence electrons. The van der Waals surface area contributed by atoms with Crippen LogP contribution in [0.4, 0.5) is 5.95 Å². The molecule has 2 aromatic heterocycles. The van der Waals surface area contributed by atoms with Gasteiger partial charge >= 0.3 is 6.01 Å². The molecule has 0 unspecified atom stereocenters. The molecule has 0 saturated heterocycles. The first kappa shape index (κ1) is 13.5. The highest BCUT2D eigenvalue weighted by Crippen LogP contribution is 2.11. The van der Waals surface area contributed by atoms with Crippen LogP contribution >= 0.6 is 11.6 Å². The zero-order chi connectivity index (χ0) is 13.7. The second-order valence-electron chi connectivity index (χ2n) is 3.75. The first-order chi connectivity index (χ1) is 9.17. The van der Waals surface area contributed by atoms with E-state index >= 15 is 0 Å². The molecule has 2 heterocycles. The normalized spacial score (nSPS) is 10.5. The highest BCUT2D eigenvalue weighted by Gasteiger charge is 2.07. The Balaban J connectivity index is 2.01. The van der Waals surface area contributed by atoms with Crippen LogP contribution in [0.3, 0.4) is 0 Å². The molecule has 8 nitrogen and oxygen atoms in total. The van der Waals surface area contributed by atoms with E-state index in [0.717, 1.165) is 6.42 Å². The smallest absolute Gasteiger partial charge is 0.322 e. The van der Waals surface area contributed by atoms with E-state index in [1.54, 1.807) is 18.1 Å². The molecular formula is C10H14ClN7O. The molecule has 0 bridgehead atoms. The van der Waals surface area contributed by atoms with Gasteiger partial charge in [0.05, 0.1) is 13.2 Å². The Morgan fingerprint density at radius 2 is 2.21 bits per heavy atom. The topological polar surface area (TPSA) is 90.6 Å². The number of anilines is 1. The first-order valence-corrected chi connectivity index (χ1v) is 6.18. The van der Waals surface area contributed by atoms with Crippen LogP contribution in [-0.4, -0.2) is 36.3 Å². The van der Waals surface area contributed by atoms with Gasteiger partial charge in [-0.2, -0.15) is 20.1 Å². The van der Waals surface area contributed by atoms with Crippen LogP contribution in [-0.2, 0) is 13.6 Å². The summed E-state index contributed by atoms with van der Waals surface area (Å²) in [6.07, 6.45) is 2.48. The Hall–Kier alpha value is -1.96. The largest absolute Gasteiger partial charge is 0.463 e. The third-order valence-electron chi connectivity index (χ3n) is 2.07. The highest BCUT2D eigenvalue weighted by atomic mass is 35.5. The van der Waals surface area contributed by atoms with Gasteiger partial charge in [0.1, 0.15) is 6.33 Å². The third-order valence-corrected chi connectivity index (χ3v) is 2.24. The average Bonchev–Trinajstić information content (AvgIpc) is 2.79. The third kappa shape index (κ3) is 4.02. The van der Waals surface area contributed by atoms with Gasteiger partial charge in [-0.05, 0) is 18.0 Å². The van der Waals surface area contributed by atoms with Gasteiger partial charge in [0.25, 0.3) is 0 Å². The lowest BCUT2D eigenvalue weighted by molar-refractivity contribution is 0.291. The van der Waals surface area contributed by atoms with E-state index in [-0.39, 0.29) is 11.3 Å². The van der Waals surface area contributed by atoms with E-state index in [4.69, 9.17) is 16.3 Å². The van der Waals surface area contributed by atoms with E-state index < -0.39 is 0 Å². The molecule has 0 radical (unpaired) electrons. The average molecular weight is 284 g/mol. The molecule has 9 heteroatoms. The Morgan fingerprint density at radius 1 is 1.37 bits per heavy atom. The zero-order valence-corrected chi connectivity index (χ0v) is 11.4. The van der Waals surface area contributed by atoms with Crippen molar-refractivity contribution in [2.45, 2.75) is 19.9 Å². The summed E-state index contributed by atoms with van der Waals surface area (Å²) in [6, 6.07) is 0.207. The van der Waals surface area contributed by atoms with Crippen LogP contribution in [0.15, 0.2) is 6.33 Å². The fraction of sp³-hybridized carbons (Fsp3) is 0.500. The maximum atomic E-state index is 5.80.